The molecule has 6 heteroatoms. The van der Waals surface area contributed by atoms with Crippen molar-refractivity contribution in [1.29, 1.82) is 0 Å². The first-order valence-corrected chi connectivity index (χ1v) is 4.73. The molecule has 2 aromatic heterocycles. The van der Waals surface area contributed by atoms with Gasteiger partial charge in [0.05, 0.1) is 0 Å². The molecular formula is C10H8N6. The van der Waals surface area contributed by atoms with Crippen LogP contribution in [-0.4, -0.2) is 24.6 Å². The Balaban J connectivity index is 2.23. The van der Waals surface area contributed by atoms with Crippen LogP contribution in [0.4, 0.5) is 5.95 Å². The molecule has 0 saturated heterocycles. The summed E-state index contributed by atoms with van der Waals surface area (Å²) in [6.45, 7) is 0. The third-order valence-corrected chi connectivity index (χ3v) is 2.20. The Bertz CT molecular complexity index is 630. The molecule has 0 radical (unpaired) electrons. The summed E-state index contributed by atoms with van der Waals surface area (Å²) in [6, 6.07) is 9.65. The number of fused-ring (bicyclic) bond motifs is 1. The number of nitrogen functional groups attached to an aromatic ring is 1. The van der Waals surface area contributed by atoms with Gasteiger partial charge in [-0.2, -0.15) is 14.5 Å². The second-order valence-corrected chi connectivity index (χ2v) is 3.25. The molecule has 2 N–H and O–H groups in total. The highest BCUT2D eigenvalue weighted by Gasteiger charge is 2.08. The second-order valence-electron chi connectivity index (χ2n) is 3.25. The Hall–Kier alpha value is -2.50. The van der Waals surface area contributed by atoms with E-state index in [0.29, 0.717) is 11.6 Å². The van der Waals surface area contributed by atoms with Gasteiger partial charge in [0.2, 0.25) is 5.95 Å². The van der Waals surface area contributed by atoms with Gasteiger partial charge < -0.3 is 5.73 Å². The van der Waals surface area contributed by atoms with Gasteiger partial charge >= 0.3 is 0 Å². The molecule has 1 aromatic carbocycles. The molecule has 78 valence electrons. The quantitative estimate of drug-likeness (QED) is 0.644. The predicted octanol–water partition coefficient (Wildman–Crippen LogP) is 0.768. The lowest BCUT2D eigenvalue weighted by molar-refractivity contribution is 0.911. The highest BCUT2D eigenvalue weighted by atomic mass is 15.4. The van der Waals surface area contributed by atoms with Crippen molar-refractivity contribution >= 4 is 11.7 Å². The number of benzene rings is 1. The Morgan fingerprint density at radius 1 is 1.06 bits per heavy atom. The van der Waals surface area contributed by atoms with E-state index in [4.69, 9.17) is 5.73 Å². The molecule has 0 atom stereocenters. The van der Waals surface area contributed by atoms with Crippen LogP contribution in [0.5, 0.6) is 0 Å². The highest BCUT2D eigenvalue weighted by Crippen LogP contribution is 2.15. The fourth-order valence-electron chi connectivity index (χ4n) is 1.44. The van der Waals surface area contributed by atoms with Crippen molar-refractivity contribution in [3.05, 3.63) is 36.7 Å². The molecule has 0 amide bonds. The fourth-order valence-corrected chi connectivity index (χ4v) is 1.44. The molecule has 0 unspecified atom stereocenters. The molecule has 2 heterocycles. The summed E-state index contributed by atoms with van der Waals surface area (Å²) in [6.07, 6.45) is 1.37. The van der Waals surface area contributed by atoms with Gasteiger partial charge in [-0.25, -0.2) is 4.98 Å². The molecule has 0 fully saturated rings. The van der Waals surface area contributed by atoms with Crippen LogP contribution in [0.25, 0.3) is 17.2 Å². The van der Waals surface area contributed by atoms with Gasteiger partial charge in [0.15, 0.2) is 5.82 Å². The number of hydrogen-bond acceptors (Lipinski definition) is 5. The predicted molar refractivity (Wildman–Crippen MR) is 58.4 cm³/mol. The van der Waals surface area contributed by atoms with Gasteiger partial charge in [0, 0.05) is 5.56 Å². The van der Waals surface area contributed by atoms with Gasteiger partial charge in [0.25, 0.3) is 5.78 Å². The van der Waals surface area contributed by atoms with Crippen molar-refractivity contribution in [2.75, 3.05) is 5.73 Å². The first-order valence-electron chi connectivity index (χ1n) is 4.73. The van der Waals surface area contributed by atoms with Crippen molar-refractivity contribution in [3.8, 4) is 11.4 Å². The van der Waals surface area contributed by atoms with E-state index >= 15 is 0 Å². The molecule has 0 aliphatic carbocycles. The molecule has 3 aromatic rings. The highest BCUT2D eigenvalue weighted by molar-refractivity contribution is 5.56. The number of nitrogens with two attached hydrogens (primary N) is 1. The standard InChI is InChI=1S/C10H8N6/c11-9-12-6-13-10-14-8(15-16(9)10)7-4-2-1-3-5-7/h1-6H,(H2,11,12,13,14,15). The van der Waals surface area contributed by atoms with E-state index in [1.807, 2.05) is 30.3 Å². The van der Waals surface area contributed by atoms with Crippen LogP contribution in [-0.2, 0) is 0 Å². The summed E-state index contributed by atoms with van der Waals surface area (Å²) in [7, 11) is 0. The largest absolute Gasteiger partial charge is 0.368 e. The van der Waals surface area contributed by atoms with E-state index in [2.05, 4.69) is 20.1 Å². The van der Waals surface area contributed by atoms with Crippen LogP contribution in [0.2, 0.25) is 0 Å². The third-order valence-electron chi connectivity index (χ3n) is 2.20. The Kier molecular flexibility index (Phi) is 1.79. The fraction of sp³-hybridized carbons (Fsp3) is 0. The van der Waals surface area contributed by atoms with Gasteiger partial charge in [-0.3, -0.25) is 0 Å². The number of hydrogen-bond donors (Lipinski definition) is 1. The molecule has 6 nitrogen and oxygen atoms in total. The van der Waals surface area contributed by atoms with Gasteiger partial charge in [-0.05, 0) is 0 Å². The summed E-state index contributed by atoms with van der Waals surface area (Å²) in [5.74, 6) is 1.32. The monoisotopic (exact) mass is 212 g/mol. The van der Waals surface area contributed by atoms with E-state index in [1.54, 1.807) is 0 Å². The van der Waals surface area contributed by atoms with E-state index in [0.717, 1.165) is 5.56 Å². The van der Waals surface area contributed by atoms with Crippen LogP contribution in [0.1, 0.15) is 0 Å². The number of nitrogens with zero attached hydrogens (tertiary/aromatic N) is 5. The molecule has 16 heavy (non-hydrogen) atoms. The Morgan fingerprint density at radius 3 is 2.62 bits per heavy atom. The number of aromatic nitrogens is 5. The van der Waals surface area contributed by atoms with E-state index in [-0.39, 0.29) is 5.95 Å². The maximum Gasteiger partial charge on any atom is 0.257 e. The number of anilines is 1. The van der Waals surface area contributed by atoms with Crippen molar-refractivity contribution in [3.63, 3.8) is 0 Å². The van der Waals surface area contributed by atoms with Crippen LogP contribution >= 0.6 is 0 Å². The van der Waals surface area contributed by atoms with Gasteiger partial charge in [0.1, 0.15) is 6.33 Å². The lowest BCUT2D eigenvalue weighted by atomic mass is 10.2. The van der Waals surface area contributed by atoms with Crippen molar-refractivity contribution in [2.45, 2.75) is 0 Å². The lowest BCUT2D eigenvalue weighted by Gasteiger charge is -1.92. The Morgan fingerprint density at radius 2 is 1.88 bits per heavy atom. The smallest absolute Gasteiger partial charge is 0.257 e. The normalized spacial score (nSPS) is 10.8. The molecule has 0 bridgehead atoms. The van der Waals surface area contributed by atoms with Crippen molar-refractivity contribution in [2.24, 2.45) is 0 Å². The van der Waals surface area contributed by atoms with E-state index in [9.17, 15) is 0 Å². The van der Waals surface area contributed by atoms with Gasteiger partial charge in [-0.1, -0.05) is 30.3 Å². The second kappa shape index (κ2) is 3.27. The van der Waals surface area contributed by atoms with E-state index < -0.39 is 0 Å². The summed E-state index contributed by atoms with van der Waals surface area (Å²) in [5.41, 5.74) is 6.58. The minimum absolute atomic E-state index is 0.277. The average Bonchev–Trinajstić information content (AvgIpc) is 2.76. The zero-order chi connectivity index (χ0) is 11.0. The maximum atomic E-state index is 5.66. The van der Waals surface area contributed by atoms with Crippen LogP contribution in [0.3, 0.4) is 0 Å². The minimum atomic E-state index is 0.277. The molecule has 0 aliphatic rings. The van der Waals surface area contributed by atoms with E-state index in [1.165, 1.54) is 10.8 Å². The maximum absolute atomic E-state index is 5.66. The molecule has 0 aliphatic heterocycles. The van der Waals surface area contributed by atoms with Crippen molar-refractivity contribution < 1.29 is 0 Å². The summed E-state index contributed by atoms with van der Waals surface area (Å²) >= 11 is 0. The van der Waals surface area contributed by atoms with Crippen LogP contribution in [0.15, 0.2) is 36.7 Å². The van der Waals surface area contributed by atoms with Crippen molar-refractivity contribution in [1.82, 2.24) is 24.6 Å². The number of rotatable bonds is 1. The molecule has 0 spiro atoms. The summed E-state index contributed by atoms with van der Waals surface area (Å²) in [4.78, 5) is 12.1. The van der Waals surface area contributed by atoms with Gasteiger partial charge in [-0.15, -0.1) is 5.10 Å². The zero-order valence-electron chi connectivity index (χ0n) is 8.28. The topological polar surface area (TPSA) is 82.0 Å². The summed E-state index contributed by atoms with van der Waals surface area (Å²) in [5, 5.41) is 4.24. The lowest BCUT2D eigenvalue weighted by Crippen LogP contribution is -2.02. The molecule has 3 rings (SSSR count). The van der Waals surface area contributed by atoms with Crippen LogP contribution < -0.4 is 5.73 Å². The third kappa shape index (κ3) is 1.28. The summed E-state index contributed by atoms with van der Waals surface area (Å²) < 4.78 is 1.42. The van der Waals surface area contributed by atoms with Crippen LogP contribution in [0, 0.1) is 0 Å². The first-order chi connectivity index (χ1) is 7.84. The molecule has 0 saturated carbocycles. The zero-order valence-corrected chi connectivity index (χ0v) is 8.28. The minimum Gasteiger partial charge on any atom is -0.368 e. The average molecular weight is 212 g/mol. The Labute approximate surface area is 90.8 Å². The SMILES string of the molecule is Nc1ncnc2nc(-c3ccccc3)nn12. The molecular weight excluding hydrogens is 204 g/mol. The first kappa shape index (κ1) is 8.78.